The molecule has 3 aliphatic rings. The van der Waals surface area contributed by atoms with Gasteiger partial charge in [0.1, 0.15) is 24.1 Å². The molecule has 0 spiro atoms. The lowest BCUT2D eigenvalue weighted by molar-refractivity contribution is 0.0320. The lowest BCUT2D eigenvalue weighted by atomic mass is 10.1. The van der Waals surface area contributed by atoms with Crippen LogP contribution in [-0.2, 0) is 22.4 Å². The van der Waals surface area contributed by atoms with Crippen LogP contribution in [0.2, 0.25) is 0 Å². The standard InChI is InChI=1S/C28H33F2N7O3/c29-24-15-22(16-25(30)23(24)19-36-7-12-39-13-8-36)37-4-3-20-17-32-28(34-27(20)37)33-21-1-2-26(31-18-21)40-14-9-35-5-10-38-11-6-35/h1-2,15-18H,3-14,19H2,(H,32,33,34). The number of ether oxygens (including phenoxy) is 3. The van der Waals surface area contributed by atoms with E-state index in [1.165, 1.54) is 12.1 Å². The Morgan fingerprint density at radius 3 is 2.30 bits per heavy atom. The van der Waals surface area contributed by atoms with E-state index in [-0.39, 0.29) is 12.1 Å². The average Bonchev–Trinajstić information content (AvgIpc) is 3.40. The molecular formula is C28H33F2N7O3. The molecule has 212 valence electrons. The third-order valence-electron chi connectivity index (χ3n) is 7.38. The predicted molar refractivity (Wildman–Crippen MR) is 145 cm³/mol. The maximum atomic E-state index is 15.1. The number of aromatic nitrogens is 3. The monoisotopic (exact) mass is 553 g/mol. The van der Waals surface area contributed by atoms with Gasteiger partial charge in [-0.25, -0.2) is 18.7 Å². The van der Waals surface area contributed by atoms with Gasteiger partial charge < -0.3 is 24.4 Å². The number of nitrogens with zero attached hydrogens (tertiary/aromatic N) is 6. The summed E-state index contributed by atoms with van der Waals surface area (Å²) in [5.74, 6) is 0.439. The fourth-order valence-corrected chi connectivity index (χ4v) is 5.11. The number of nitrogens with one attached hydrogen (secondary N) is 1. The zero-order valence-electron chi connectivity index (χ0n) is 22.3. The fourth-order valence-electron chi connectivity index (χ4n) is 5.11. The van der Waals surface area contributed by atoms with Gasteiger partial charge in [0.25, 0.3) is 0 Å². The number of pyridine rings is 1. The number of fused-ring (bicyclic) bond motifs is 1. The first-order valence-corrected chi connectivity index (χ1v) is 13.7. The zero-order chi connectivity index (χ0) is 27.3. The van der Waals surface area contributed by atoms with Crippen LogP contribution < -0.4 is 15.0 Å². The highest BCUT2D eigenvalue weighted by atomic mass is 19.1. The van der Waals surface area contributed by atoms with Gasteiger partial charge in [-0.2, -0.15) is 4.98 Å². The van der Waals surface area contributed by atoms with E-state index in [2.05, 4.69) is 25.2 Å². The number of morpholine rings is 2. The highest BCUT2D eigenvalue weighted by Gasteiger charge is 2.26. The summed E-state index contributed by atoms with van der Waals surface area (Å²) in [5, 5.41) is 3.17. The molecule has 0 amide bonds. The van der Waals surface area contributed by atoms with E-state index >= 15 is 8.78 Å². The maximum Gasteiger partial charge on any atom is 0.229 e. The summed E-state index contributed by atoms with van der Waals surface area (Å²) in [5.41, 5.74) is 2.14. The third kappa shape index (κ3) is 6.30. The molecule has 0 aliphatic carbocycles. The molecule has 2 saturated heterocycles. The Labute approximate surface area is 231 Å². The number of anilines is 4. The first-order chi connectivity index (χ1) is 19.6. The lowest BCUT2D eigenvalue weighted by Gasteiger charge is -2.27. The van der Waals surface area contributed by atoms with E-state index < -0.39 is 11.6 Å². The SMILES string of the molecule is Fc1cc(N2CCc3cnc(Nc4ccc(OCCN5CCOCC5)nc4)nc32)cc(F)c1CN1CCOCC1. The van der Waals surface area contributed by atoms with Crippen LogP contribution in [0, 0.1) is 11.6 Å². The molecule has 3 aliphatic heterocycles. The summed E-state index contributed by atoms with van der Waals surface area (Å²) in [6, 6.07) is 6.43. The van der Waals surface area contributed by atoms with Crippen molar-refractivity contribution in [3.05, 3.63) is 59.4 Å². The summed E-state index contributed by atoms with van der Waals surface area (Å²) < 4.78 is 46.6. The van der Waals surface area contributed by atoms with Gasteiger partial charge in [-0.15, -0.1) is 0 Å². The molecule has 0 radical (unpaired) electrons. The molecule has 2 fully saturated rings. The molecule has 5 heterocycles. The van der Waals surface area contributed by atoms with Crippen molar-refractivity contribution < 1.29 is 23.0 Å². The topological polar surface area (TPSA) is 88.1 Å². The van der Waals surface area contributed by atoms with Crippen LogP contribution in [-0.4, -0.2) is 97.1 Å². The molecular weight excluding hydrogens is 520 g/mol. The molecule has 0 bridgehead atoms. The third-order valence-corrected chi connectivity index (χ3v) is 7.38. The van der Waals surface area contributed by atoms with Crippen LogP contribution in [0.15, 0.2) is 36.7 Å². The molecule has 1 N–H and O–H groups in total. The van der Waals surface area contributed by atoms with Crippen molar-refractivity contribution in [1.29, 1.82) is 0 Å². The second kappa shape index (κ2) is 12.4. The maximum absolute atomic E-state index is 15.1. The Hall–Kier alpha value is -3.45. The summed E-state index contributed by atoms with van der Waals surface area (Å²) in [6.07, 6.45) is 4.10. The van der Waals surface area contributed by atoms with E-state index in [0.29, 0.717) is 74.9 Å². The van der Waals surface area contributed by atoms with Gasteiger partial charge in [-0.05, 0) is 24.6 Å². The van der Waals surface area contributed by atoms with Crippen molar-refractivity contribution in [3.63, 3.8) is 0 Å². The van der Waals surface area contributed by atoms with Gasteiger partial charge in [-0.1, -0.05) is 0 Å². The van der Waals surface area contributed by atoms with Crippen molar-refractivity contribution in [2.75, 3.05) is 82.5 Å². The van der Waals surface area contributed by atoms with Crippen LogP contribution in [0.4, 0.5) is 31.9 Å². The van der Waals surface area contributed by atoms with Gasteiger partial charge in [0.05, 0.1) is 38.3 Å². The van der Waals surface area contributed by atoms with E-state index in [1.54, 1.807) is 18.5 Å². The number of halogens is 2. The minimum absolute atomic E-state index is 0.0798. The summed E-state index contributed by atoms with van der Waals surface area (Å²) in [7, 11) is 0. The second-order valence-corrected chi connectivity index (χ2v) is 10.0. The Morgan fingerprint density at radius 1 is 0.875 bits per heavy atom. The van der Waals surface area contributed by atoms with E-state index in [1.807, 2.05) is 15.9 Å². The molecule has 40 heavy (non-hydrogen) atoms. The summed E-state index contributed by atoms with van der Waals surface area (Å²) in [4.78, 5) is 19.6. The highest BCUT2D eigenvalue weighted by molar-refractivity contribution is 5.68. The number of benzene rings is 1. The number of hydrogen-bond acceptors (Lipinski definition) is 10. The van der Waals surface area contributed by atoms with Crippen LogP contribution >= 0.6 is 0 Å². The normalized spacial score (nSPS) is 18.1. The van der Waals surface area contributed by atoms with Crippen LogP contribution in [0.1, 0.15) is 11.1 Å². The smallest absolute Gasteiger partial charge is 0.229 e. The molecule has 6 rings (SSSR count). The minimum atomic E-state index is -0.555. The first-order valence-electron chi connectivity index (χ1n) is 13.7. The molecule has 12 heteroatoms. The molecule has 1 aromatic carbocycles. The predicted octanol–water partition coefficient (Wildman–Crippen LogP) is 3.13. The lowest BCUT2D eigenvalue weighted by Crippen LogP contribution is -2.38. The Kier molecular flexibility index (Phi) is 8.28. The van der Waals surface area contributed by atoms with Gasteiger partial charge in [0.15, 0.2) is 0 Å². The van der Waals surface area contributed by atoms with Gasteiger partial charge in [0.2, 0.25) is 11.8 Å². The Balaban J connectivity index is 1.10. The quantitative estimate of drug-likeness (QED) is 0.427. The summed E-state index contributed by atoms with van der Waals surface area (Å²) >= 11 is 0. The average molecular weight is 554 g/mol. The fraction of sp³-hybridized carbons (Fsp3) is 0.464. The molecule has 0 unspecified atom stereocenters. The van der Waals surface area contributed by atoms with Crippen LogP contribution in [0.25, 0.3) is 0 Å². The zero-order valence-corrected chi connectivity index (χ0v) is 22.3. The minimum Gasteiger partial charge on any atom is -0.476 e. The Morgan fingerprint density at radius 2 is 1.60 bits per heavy atom. The van der Waals surface area contributed by atoms with Crippen LogP contribution in [0.3, 0.4) is 0 Å². The van der Waals surface area contributed by atoms with E-state index in [0.717, 1.165) is 38.4 Å². The molecule has 3 aromatic rings. The van der Waals surface area contributed by atoms with Crippen molar-refractivity contribution in [3.8, 4) is 5.88 Å². The van der Waals surface area contributed by atoms with Crippen molar-refractivity contribution in [1.82, 2.24) is 24.8 Å². The Bertz CT molecular complexity index is 1280. The van der Waals surface area contributed by atoms with E-state index in [4.69, 9.17) is 14.2 Å². The molecule has 2 aromatic heterocycles. The van der Waals surface area contributed by atoms with Gasteiger partial charge in [0, 0.05) is 74.9 Å². The molecule has 0 atom stereocenters. The largest absolute Gasteiger partial charge is 0.476 e. The van der Waals surface area contributed by atoms with Crippen molar-refractivity contribution in [2.24, 2.45) is 0 Å². The first kappa shape index (κ1) is 26.8. The van der Waals surface area contributed by atoms with E-state index in [9.17, 15) is 0 Å². The van der Waals surface area contributed by atoms with Crippen molar-refractivity contribution >= 4 is 23.1 Å². The molecule has 0 saturated carbocycles. The molecule has 10 nitrogen and oxygen atoms in total. The highest BCUT2D eigenvalue weighted by Crippen LogP contribution is 2.35. The number of rotatable bonds is 9. The van der Waals surface area contributed by atoms with Gasteiger partial charge >= 0.3 is 0 Å². The van der Waals surface area contributed by atoms with Gasteiger partial charge in [-0.3, -0.25) is 9.80 Å². The van der Waals surface area contributed by atoms with Crippen molar-refractivity contribution in [2.45, 2.75) is 13.0 Å². The second-order valence-electron chi connectivity index (χ2n) is 10.0. The summed E-state index contributed by atoms with van der Waals surface area (Å²) in [6.45, 7) is 7.99. The number of hydrogen-bond donors (Lipinski definition) is 1. The van der Waals surface area contributed by atoms with Crippen LogP contribution in [0.5, 0.6) is 5.88 Å².